The number of hydrogen-bond donors (Lipinski definition) is 1. The van der Waals surface area contributed by atoms with Gasteiger partial charge in [-0.2, -0.15) is 0 Å². The Bertz CT molecular complexity index is 93.8. The quantitative estimate of drug-likeness (QED) is 0.636. The van der Waals surface area contributed by atoms with Gasteiger partial charge >= 0.3 is 0 Å². The maximum atomic E-state index is 5.06. The van der Waals surface area contributed by atoms with Gasteiger partial charge < -0.3 is 10.1 Å². The van der Waals surface area contributed by atoms with E-state index in [0.717, 1.165) is 25.5 Å². The topological polar surface area (TPSA) is 21.3 Å². The van der Waals surface area contributed by atoms with E-state index in [9.17, 15) is 0 Å². The van der Waals surface area contributed by atoms with Crippen molar-refractivity contribution in [2.45, 2.75) is 39.7 Å². The van der Waals surface area contributed by atoms with Crippen LogP contribution in [0.4, 0.5) is 0 Å². The van der Waals surface area contributed by atoms with Gasteiger partial charge in [0, 0.05) is 19.8 Å². The molecule has 0 aromatic rings. The van der Waals surface area contributed by atoms with Gasteiger partial charge in [-0.15, -0.1) is 0 Å². The molecule has 0 heterocycles. The predicted molar refractivity (Wildman–Crippen MR) is 53.4 cm³/mol. The lowest BCUT2D eigenvalue weighted by Crippen LogP contribution is -2.31. The van der Waals surface area contributed by atoms with E-state index in [0.29, 0.717) is 6.04 Å². The predicted octanol–water partition coefficient (Wildman–Crippen LogP) is 2.05. The normalized spacial score (nSPS) is 13.8. The largest absolute Gasteiger partial charge is 0.385 e. The van der Waals surface area contributed by atoms with Crippen LogP contribution in [0.2, 0.25) is 0 Å². The van der Waals surface area contributed by atoms with Crippen LogP contribution < -0.4 is 5.32 Å². The van der Waals surface area contributed by atoms with E-state index in [1.165, 1.54) is 6.42 Å². The Morgan fingerprint density at radius 2 is 2.00 bits per heavy atom. The maximum absolute atomic E-state index is 5.06. The van der Waals surface area contributed by atoms with Crippen molar-refractivity contribution in [2.75, 3.05) is 20.3 Å². The summed E-state index contributed by atoms with van der Waals surface area (Å²) in [7, 11) is 1.76. The van der Waals surface area contributed by atoms with Crippen LogP contribution in [0.5, 0.6) is 0 Å². The minimum atomic E-state index is 0.634. The summed E-state index contributed by atoms with van der Waals surface area (Å²) in [6.45, 7) is 8.60. The van der Waals surface area contributed by atoms with Crippen LogP contribution in [-0.4, -0.2) is 26.3 Å². The summed E-state index contributed by atoms with van der Waals surface area (Å²) in [5, 5.41) is 3.47. The van der Waals surface area contributed by atoms with Crippen molar-refractivity contribution < 1.29 is 4.74 Å². The molecular formula is C10H23NO. The summed E-state index contributed by atoms with van der Waals surface area (Å²) in [6, 6.07) is 0.634. The average molecular weight is 173 g/mol. The Balaban J connectivity index is 3.54. The van der Waals surface area contributed by atoms with Gasteiger partial charge in [0.25, 0.3) is 0 Å². The van der Waals surface area contributed by atoms with Gasteiger partial charge in [0.15, 0.2) is 0 Å². The first kappa shape index (κ1) is 11.9. The second-order valence-corrected chi connectivity index (χ2v) is 3.67. The molecule has 0 spiro atoms. The maximum Gasteiger partial charge on any atom is 0.0477 e. The van der Waals surface area contributed by atoms with Crippen molar-refractivity contribution in [1.82, 2.24) is 5.32 Å². The summed E-state index contributed by atoms with van der Waals surface area (Å²) in [5.41, 5.74) is 0. The van der Waals surface area contributed by atoms with Crippen LogP contribution in [0.3, 0.4) is 0 Å². The molecule has 0 aromatic carbocycles. The highest BCUT2D eigenvalue weighted by molar-refractivity contribution is 4.67. The lowest BCUT2D eigenvalue weighted by atomic mass is 10.0. The summed E-state index contributed by atoms with van der Waals surface area (Å²) < 4.78 is 5.06. The van der Waals surface area contributed by atoms with Crippen molar-refractivity contribution in [3.8, 4) is 0 Å². The molecule has 0 saturated heterocycles. The van der Waals surface area contributed by atoms with E-state index in [1.807, 2.05) is 0 Å². The Morgan fingerprint density at radius 1 is 1.33 bits per heavy atom. The third kappa shape index (κ3) is 6.62. The molecule has 74 valence electrons. The number of ether oxygens (including phenoxy) is 1. The van der Waals surface area contributed by atoms with Gasteiger partial charge in [-0.25, -0.2) is 0 Å². The fourth-order valence-electron chi connectivity index (χ4n) is 1.42. The van der Waals surface area contributed by atoms with Crippen molar-refractivity contribution in [3.63, 3.8) is 0 Å². The molecule has 2 heteroatoms. The third-order valence-electron chi connectivity index (χ3n) is 1.92. The van der Waals surface area contributed by atoms with Gasteiger partial charge in [0.2, 0.25) is 0 Å². The summed E-state index contributed by atoms with van der Waals surface area (Å²) in [6.07, 6.45) is 2.37. The number of rotatable bonds is 7. The van der Waals surface area contributed by atoms with Crippen LogP contribution in [0.15, 0.2) is 0 Å². The Kier molecular flexibility index (Phi) is 7.51. The second-order valence-electron chi connectivity index (χ2n) is 3.67. The summed E-state index contributed by atoms with van der Waals surface area (Å²) in [5.74, 6) is 0.769. The van der Waals surface area contributed by atoms with Crippen LogP contribution in [0, 0.1) is 5.92 Å². The first-order valence-electron chi connectivity index (χ1n) is 4.93. The molecule has 0 amide bonds. The first-order chi connectivity index (χ1) is 5.70. The van der Waals surface area contributed by atoms with Gasteiger partial charge in [-0.05, 0) is 25.3 Å². The smallest absolute Gasteiger partial charge is 0.0477 e. The molecule has 1 atom stereocenters. The van der Waals surface area contributed by atoms with Gasteiger partial charge in [-0.1, -0.05) is 20.8 Å². The van der Waals surface area contributed by atoms with Crippen molar-refractivity contribution >= 4 is 0 Å². The average Bonchev–Trinajstić information content (AvgIpc) is 2.00. The molecular weight excluding hydrogens is 150 g/mol. The number of nitrogens with one attached hydrogen (secondary N) is 1. The fourth-order valence-corrected chi connectivity index (χ4v) is 1.42. The Hall–Kier alpha value is -0.0800. The molecule has 2 nitrogen and oxygen atoms in total. The first-order valence-corrected chi connectivity index (χ1v) is 4.93. The monoisotopic (exact) mass is 173 g/mol. The highest BCUT2D eigenvalue weighted by Gasteiger charge is 2.08. The van der Waals surface area contributed by atoms with E-state index in [4.69, 9.17) is 4.74 Å². The molecule has 0 aliphatic heterocycles. The van der Waals surface area contributed by atoms with E-state index in [-0.39, 0.29) is 0 Å². The van der Waals surface area contributed by atoms with E-state index >= 15 is 0 Å². The van der Waals surface area contributed by atoms with Gasteiger partial charge in [0.1, 0.15) is 0 Å². The summed E-state index contributed by atoms with van der Waals surface area (Å²) in [4.78, 5) is 0. The minimum Gasteiger partial charge on any atom is -0.385 e. The van der Waals surface area contributed by atoms with Crippen LogP contribution in [0.25, 0.3) is 0 Å². The third-order valence-corrected chi connectivity index (χ3v) is 1.92. The highest BCUT2D eigenvalue weighted by Crippen LogP contribution is 2.07. The molecule has 0 aromatic heterocycles. The lowest BCUT2D eigenvalue weighted by Gasteiger charge is -2.19. The lowest BCUT2D eigenvalue weighted by molar-refractivity contribution is 0.178. The highest BCUT2D eigenvalue weighted by atomic mass is 16.5. The molecule has 1 N–H and O–H groups in total. The number of hydrogen-bond acceptors (Lipinski definition) is 2. The zero-order valence-corrected chi connectivity index (χ0v) is 8.89. The molecule has 1 unspecified atom stereocenters. The van der Waals surface area contributed by atoms with Crippen molar-refractivity contribution in [3.05, 3.63) is 0 Å². The standard InChI is InChI=1S/C10H23NO/c1-5-11-10(6-7-12-4)8-9(2)3/h9-11H,5-8H2,1-4H3. The minimum absolute atomic E-state index is 0.634. The van der Waals surface area contributed by atoms with Crippen molar-refractivity contribution in [1.29, 1.82) is 0 Å². The summed E-state index contributed by atoms with van der Waals surface area (Å²) >= 11 is 0. The van der Waals surface area contributed by atoms with Crippen LogP contribution >= 0.6 is 0 Å². The SMILES string of the molecule is CCNC(CCOC)CC(C)C. The molecule has 0 radical (unpaired) electrons. The molecule has 12 heavy (non-hydrogen) atoms. The molecule has 0 fully saturated rings. The van der Waals surface area contributed by atoms with Gasteiger partial charge in [-0.3, -0.25) is 0 Å². The second kappa shape index (κ2) is 7.56. The molecule has 0 aliphatic carbocycles. The van der Waals surface area contributed by atoms with E-state index in [1.54, 1.807) is 7.11 Å². The Labute approximate surface area is 76.7 Å². The zero-order valence-electron chi connectivity index (χ0n) is 8.89. The van der Waals surface area contributed by atoms with Crippen molar-refractivity contribution in [2.24, 2.45) is 5.92 Å². The fraction of sp³-hybridized carbons (Fsp3) is 1.00. The molecule has 0 saturated carbocycles. The molecule has 0 bridgehead atoms. The van der Waals surface area contributed by atoms with E-state index in [2.05, 4.69) is 26.1 Å². The zero-order chi connectivity index (χ0) is 9.40. The van der Waals surface area contributed by atoms with Gasteiger partial charge in [0.05, 0.1) is 0 Å². The van der Waals surface area contributed by atoms with E-state index < -0.39 is 0 Å². The Morgan fingerprint density at radius 3 is 2.42 bits per heavy atom. The molecule has 0 rings (SSSR count). The number of methoxy groups -OCH3 is 1. The molecule has 0 aliphatic rings. The van der Waals surface area contributed by atoms with Crippen LogP contribution in [0.1, 0.15) is 33.6 Å². The van der Waals surface area contributed by atoms with Crippen LogP contribution in [-0.2, 0) is 4.74 Å².